The number of primary amides is 1. The molecule has 0 spiro atoms. The SMILES string of the molecule is NC(=O)c1cccc([N+](=O)[O-])c1C1CCCCC1. The topological polar surface area (TPSA) is 86.2 Å². The van der Waals surface area contributed by atoms with Crippen LogP contribution in [0.5, 0.6) is 0 Å². The molecule has 2 N–H and O–H groups in total. The molecule has 1 saturated carbocycles. The number of amides is 1. The van der Waals surface area contributed by atoms with E-state index in [0.717, 1.165) is 32.1 Å². The van der Waals surface area contributed by atoms with Crippen LogP contribution >= 0.6 is 0 Å². The second kappa shape index (κ2) is 5.16. The van der Waals surface area contributed by atoms with Crippen LogP contribution in [-0.4, -0.2) is 10.8 Å². The Labute approximate surface area is 105 Å². The van der Waals surface area contributed by atoms with Crippen molar-refractivity contribution < 1.29 is 9.72 Å². The molecule has 1 amide bonds. The highest BCUT2D eigenvalue weighted by atomic mass is 16.6. The first-order valence-corrected chi connectivity index (χ1v) is 6.18. The lowest BCUT2D eigenvalue weighted by molar-refractivity contribution is -0.385. The standard InChI is InChI=1S/C13H16N2O3/c14-13(16)10-7-4-8-11(15(17)18)12(10)9-5-2-1-3-6-9/h4,7-9H,1-3,5-6H2,(H2,14,16). The maximum Gasteiger partial charge on any atom is 0.273 e. The van der Waals surface area contributed by atoms with Gasteiger partial charge in [-0.05, 0) is 24.8 Å². The third kappa shape index (κ3) is 2.34. The fourth-order valence-electron chi connectivity index (χ4n) is 2.75. The average Bonchev–Trinajstić information content (AvgIpc) is 2.38. The molecule has 5 nitrogen and oxygen atoms in total. The lowest BCUT2D eigenvalue weighted by Gasteiger charge is -2.23. The summed E-state index contributed by atoms with van der Waals surface area (Å²) < 4.78 is 0. The van der Waals surface area contributed by atoms with Crippen molar-refractivity contribution >= 4 is 11.6 Å². The molecule has 18 heavy (non-hydrogen) atoms. The molecule has 5 heteroatoms. The van der Waals surface area contributed by atoms with Crippen molar-refractivity contribution in [2.75, 3.05) is 0 Å². The normalized spacial score (nSPS) is 16.4. The van der Waals surface area contributed by atoms with Gasteiger partial charge < -0.3 is 5.73 Å². The van der Waals surface area contributed by atoms with Crippen molar-refractivity contribution in [3.8, 4) is 0 Å². The Morgan fingerprint density at radius 1 is 1.28 bits per heavy atom. The van der Waals surface area contributed by atoms with Gasteiger partial charge in [0.1, 0.15) is 0 Å². The number of carbonyl (C=O) groups excluding carboxylic acids is 1. The first-order chi connectivity index (χ1) is 8.61. The van der Waals surface area contributed by atoms with Crippen LogP contribution in [0, 0.1) is 10.1 Å². The zero-order valence-electron chi connectivity index (χ0n) is 10.1. The van der Waals surface area contributed by atoms with Gasteiger partial charge in [-0.15, -0.1) is 0 Å². The zero-order valence-corrected chi connectivity index (χ0v) is 10.1. The predicted octanol–water partition coefficient (Wildman–Crippen LogP) is 2.74. The minimum atomic E-state index is -0.584. The smallest absolute Gasteiger partial charge is 0.273 e. The molecule has 2 rings (SSSR count). The molecule has 1 aromatic rings. The van der Waals surface area contributed by atoms with E-state index < -0.39 is 10.8 Å². The Hall–Kier alpha value is -1.91. The van der Waals surface area contributed by atoms with Crippen LogP contribution in [0.1, 0.15) is 53.9 Å². The lowest BCUT2D eigenvalue weighted by atomic mass is 9.81. The summed E-state index contributed by atoms with van der Waals surface area (Å²) in [5.41, 5.74) is 6.19. The van der Waals surface area contributed by atoms with Crippen molar-refractivity contribution in [2.24, 2.45) is 5.73 Å². The molecule has 0 aliphatic heterocycles. The largest absolute Gasteiger partial charge is 0.366 e. The van der Waals surface area contributed by atoms with Gasteiger partial charge in [-0.2, -0.15) is 0 Å². The van der Waals surface area contributed by atoms with Crippen molar-refractivity contribution in [1.82, 2.24) is 0 Å². The van der Waals surface area contributed by atoms with E-state index in [1.807, 2.05) is 0 Å². The molecule has 0 atom stereocenters. The van der Waals surface area contributed by atoms with Crippen LogP contribution in [0.3, 0.4) is 0 Å². The van der Waals surface area contributed by atoms with E-state index in [4.69, 9.17) is 5.73 Å². The van der Waals surface area contributed by atoms with E-state index in [2.05, 4.69) is 0 Å². The Morgan fingerprint density at radius 2 is 1.94 bits per heavy atom. The molecule has 96 valence electrons. The van der Waals surface area contributed by atoms with E-state index >= 15 is 0 Å². The summed E-state index contributed by atoms with van der Waals surface area (Å²) in [6.07, 6.45) is 5.04. The van der Waals surface area contributed by atoms with Crippen LogP contribution in [0.2, 0.25) is 0 Å². The number of carbonyl (C=O) groups is 1. The second-order valence-corrected chi connectivity index (χ2v) is 4.69. The van der Waals surface area contributed by atoms with Gasteiger partial charge >= 0.3 is 0 Å². The summed E-state index contributed by atoms with van der Waals surface area (Å²) in [5.74, 6) is -0.498. The summed E-state index contributed by atoms with van der Waals surface area (Å²) >= 11 is 0. The summed E-state index contributed by atoms with van der Waals surface area (Å²) in [5, 5.41) is 11.1. The highest BCUT2D eigenvalue weighted by molar-refractivity contribution is 5.95. The number of hydrogen-bond acceptors (Lipinski definition) is 3. The minimum absolute atomic E-state index is 0.0261. The fourth-order valence-corrected chi connectivity index (χ4v) is 2.75. The van der Waals surface area contributed by atoms with E-state index in [1.54, 1.807) is 6.07 Å². The number of nitro groups is 1. The molecular formula is C13H16N2O3. The molecule has 0 radical (unpaired) electrons. The summed E-state index contributed by atoms with van der Waals surface area (Å²) in [6.45, 7) is 0. The quantitative estimate of drug-likeness (QED) is 0.659. The molecule has 1 fully saturated rings. The van der Waals surface area contributed by atoms with Crippen LogP contribution in [0.4, 0.5) is 5.69 Å². The van der Waals surface area contributed by atoms with Gasteiger partial charge in [0.25, 0.3) is 5.69 Å². The number of nitro benzene ring substituents is 1. The zero-order chi connectivity index (χ0) is 13.1. The number of nitrogens with zero attached hydrogens (tertiary/aromatic N) is 1. The number of nitrogens with two attached hydrogens (primary N) is 1. The van der Waals surface area contributed by atoms with Crippen LogP contribution in [0.15, 0.2) is 18.2 Å². The predicted molar refractivity (Wildman–Crippen MR) is 67.4 cm³/mol. The fraction of sp³-hybridized carbons (Fsp3) is 0.462. The first-order valence-electron chi connectivity index (χ1n) is 6.18. The molecule has 0 saturated heterocycles. The lowest BCUT2D eigenvalue weighted by Crippen LogP contribution is -2.18. The molecule has 0 heterocycles. The highest BCUT2D eigenvalue weighted by Gasteiger charge is 2.28. The summed E-state index contributed by atoms with van der Waals surface area (Å²) in [4.78, 5) is 22.1. The minimum Gasteiger partial charge on any atom is -0.366 e. The van der Waals surface area contributed by atoms with Gasteiger partial charge in [-0.1, -0.05) is 25.3 Å². The van der Waals surface area contributed by atoms with Gasteiger partial charge in [0.05, 0.1) is 4.92 Å². The monoisotopic (exact) mass is 248 g/mol. The molecule has 0 bridgehead atoms. The van der Waals surface area contributed by atoms with Gasteiger partial charge in [0.15, 0.2) is 0 Å². The van der Waals surface area contributed by atoms with Crippen molar-refractivity contribution in [2.45, 2.75) is 38.0 Å². The second-order valence-electron chi connectivity index (χ2n) is 4.69. The van der Waals surface area contributed by atoms with Crippen molar-refractivity contribution in [3.63, 3.8) is 0 Å². The van der Waals surface area contributed by atoms with Crippen LogP contribution in [0.25, 0.3) is 0 Å². The Morgan fingerprint density at radius 3 is 2.50 bits per heavy atom. The maximum absolute atomic E-state index is 11.4. The molecule has 0 aromatic heterocycles. The summed E-state index contributed by atoms with van der Waals surface area (Å²) in [7, 11) is 0. The Bertz CT molecular complexity index is 447. The first kappa shape index (κ1) is 12.5. The Balaban J connectivity index is 2.52. The van der Waals surface area contributed by atoms with E-state index in [1.165, 1.54) is 12.1 Å². The number of benzene rings is 1. The van der Waals surface area contributed by atoms with Crippen molar-refractivity contribution in [1.29, 1.82) is 0 Å². The van der Waals surface area contributed by atoms with E-state index in [9.17, 15) is 14.9 Å². The van der Waals surface area contributed by atoms with Crippen LogP contribution in [-0.2, 0) is 0 Å². The van der Waals surface area contributed by atoms with Gasteiger partial charge in [0, 0.05) is 17.2 Å². The Kier molecular flexibility index (Phi) is 3.60. The van der Waals surface area contributed by atoms with Gasteiger partial charge in [-0.3, -0.25) is 14.9 Å². The number of hydrogen-bond donors (Lipinski definition) is 1. The maximum atomic E-state index is 11.4. The average molecular weight is 248 g/mol. The third-order valence-electron chi connectivity index (χ3n) is 3.56. The molecule has 1 aliphatic rings. The molecule has 1 aliphatic carbocycles. The van der Waals surface area contributed by atoms with E-state index in [-0.39, 0.29) is 11.6 Å². The van der Waals surface area contributed by atoms with Gasteiger partial charge in [0.2, 0.25) is 5.91 Å². The third-order valence-corrected chi connectivity index (χ3v) is 3.56. The molecule has 0 unspecified atom stereocenters. The van der Waals surface area contributed by atoms with E-state index in [0.29, 0.717) is 11.1 Å². The molecule has 1 aromatic carbocycles. The highest BCUT2D eigenvalue weighted by Crippen LogP contribution is 2.39. The van der Waals surface area contributed by atoms with Gasteiger partial charge in [-0.25, -0.2) is 0 Å². The molecular weight excluding hydrogens is 232 g/mol. The summed E-state index contributed by atoms with van der Waals surface area (Å²) in [6, 6.07) is 4.56. The van der Waals surface area contributed by atoms with Crippen LogP contribution < -0.4 is 5.73 Å². The number of rotatable bonds is 3. The van der Waals surface area contributed by atoms with Crippen molar-refractivity contribution in [3.05, 3.63) is 39.4 Å².